The minimum absolute atomic E-state index is 0.150. The van der Waals surface area contributed by atoms with E-state index in [0.717, 1.165) is 0 Å². The summed E-state index contributed by atoms with van der Waals surface area (Å²) in [6.07, 6.45) is 3.92. The lowest BCUT2D eigenvalue weighted by Gasteiger charge is -2.09. The fraction of sp³-hybridized carbons (Fsp3) is 0.286. The number of hydrogen-bond donors (Lipinski definition) is 3. The standard InChI is InChI=1S/C14H16N2O5/c17-12(10-4-7-20-9-10)3-5-15-13(18)14(19)16-8-11-2-1-6-21-11/h1-2,4,6-7,9,12,17H,3,5,8H2,(H,15,18)(H,16,19). The molecule has 1 atom stereocenters. The lowest BCUT2D eigenvalue weighted by atomic mass is 10.1. The molecule has 2 aromatic rings. The Morgan fingerprint density at radius 3 is 2.67 bits per heavy atom. The van der Waals surface area contributed by atoms with Crippen molar-refractivity contribution in [3.8, 4) is 0 Å². The van der Waals surface area contributed by atoms with Gasteiger partial charge in [-0.15, -0.1) is 0 Å². The summed E-state index contributed by atoms with van der Waals surface area (Å²) >= 11 is 0. The van der Waals surface area contributed by atoms with Crippen molar-refractivity contribution in [2.75, 3.05) is 6.54 Å². The van der Waals surface area contributed by atoms with Gasteiger partial charge in [0.15, 0.2) is 0 Å². The van der Waals surface area contributed by atoms with Crippen molar-refractivity contribution >= 4 is 11.8 Å². The molecule has 2 heterocycles. The normalized spacial score (nSPS) is 11.9. The van der Waals surface area contributed by atoms with E-state index in [2.05, 4.69) is 10.6 Å². The molecule has 0 aliphatic heterocycles. The third kappa shape index (κ3) is 4.50. The highest BCUT2D eigenvalue weighted by Gasteiger charge is 2.14. The number of furan rings is 2. The molecule has 1 unspecified atom stereocenters. The van der Waals surface area contributed by atoms with Crippen molar-refractivity contribution in [1.82, 2.24) is 10.6 Å². The summed E-state index contributed by atoms with van der Waals surface area (Å²) < 4.78 is 9.88. The number of carbonyl (C=O) groups is 2. The van der Waals surface area contributed by atoms with Gasteiger partial charge in [-0.1, -0.05) is 0 Å². The van der Waals surface area contributed by atoms with E-state index >= 15 is 0 Å². The highest BCUT2D eigenvalue weighted by molar-refractivity contribution is 6.35. The van der Waals surface area contributed by atoms with Crippen LogP contribution in [-0.2, 0) is 16.1 Å². The zero-order chi connectivity index (χ0) is 15.1. The van der Waals surface area contributed by atoms with E-state index in [1.165, 1.54) is 18.8 Å². The van der Waals surface area contributed by atoms with Gasteiger partial charge in [0, 0.05) is 12.1 Å². The van der Waals surface area contributed by atoms with Crippen molar-refractivity contribution in [1.29, 1.82) is 0 Å². The van der Waals surface area contributed by atoms with Gasteiger partial charge in [-0.3, -0.25) is 9.59 Å². The van der Waals surface area contributed by atoms with Gasteiger partial charge in [-0.25, -0.2) is 0 Å². The van der Waals surface area contributed by atoms with Gasteiger partial charge in [0.1, 0.15) is 5.76 Å². The molecule has 7 heteroatoms. The molecule has 0 fully saturated rings. The Balaban J connectivity index is 1.65. The van der Waals surface area contributed by atoms with Crippen LogP contribution in [0.15, 0.2) is 45.8 Å². The molecular formula is C14H16N2O5. The summed E-state index contributed by atoms with van der Waals surface area (Å²) in [6.45, 7) is 0.330. The zero-order valence-corrected chi connectivity index (χ0v) is 11.2. The molecule has 0 bridgehead atoms. The molecule has 0 aliphatic rings. The molecule has 0 saturated heterocycles. The molecule has 0 radical (unpaired) electrons. The van der Waals surface area contributed by atoms with Gasteiger partial charge in [0.25, 0.3) is 0 Å². The number of carbonyl (C=O) groups excluding carboxylic acids is 2. The number of aliphatic hydroxyl groups is 1. The van der Waals surface area contributed by atoms with E-state index in [9.17, 15) is 14.7 Å². The van der Waals surface area contributed by atoms with Gasteiger partial charge >= 0.3 is 11.8 Å². The van der Waals surface area contributed by atoms with Crippen molar-refractivity contribution in [2.24, 2.45) is 0 Å². The van der Waals surface area contributed by atoms with E-state index in [4.69, 9.17) is 8.83 Å². The van der Waals surface area contributed by atoms with Gasteiger partial charge in [-0.05, 0) is 24.6 Å². The van der Waals surface area contributed by atoms with Crippen LogP contribution >= 0.6 is 0 Å². The first-order valence-electron chi connectivity index (χ1n) is 6.45. The fourth-order valence-electron chi connectivity index (χ4n) is 1.69. The number of nitrogens with one attached hydrogen (secondary N) is 2. The van der Waals surface area contributed by atoms with Crippen LogP contribution in [0.2, 0.25) is 0 Å². The highest BCUT2D eigenvalue weighted by Crippen LogP contribution is 2.15. The molecule has 0 aromatic carbocycles. The number of hydrogen-bond acceptors (Lipinski definition) is 5. The molecule has 2 aromatic heterocycles. The summed E-state index contributed by atoms with van der Waals surface area (Å²) in [6, 6.07) is 5.03. The predicted octanol–water partition coefficient (Wildman–Crippen LogP) is 0.729. The fourth-order valence-corrected chi connectivity index (χ4v) is 1.69. The molecular weight excluding hydrogens is 276 g/mol. The van der Waals surface area contributed by atoms with Crippen LogP contribution < -0.4 is 10.6 Å². The summed E-state index contributed by atoms with van der Waals surface area (Å²) in [5, 5.41) is 14.6. The molecule has 3 N–H and O–H groups in total. The zero-order valence-electron chi connectivity index (χ0n) is 11.2. The van der Waals surface area contributed by atoms with Crippen molar-refractivity contribution < 1.29 is 23.5 Å². The number of rotatable bonds is 6. The van der Waals surface area contributed by atoms with Crippen LogP contribution in [-0.4, -0.2) is 23.5 Å². The third-order valence-electron chi connectivity index (χ3n) is 2.84. The SMILES string of the molecule is O=C(NCCC(O)c1ccoc1)C(=O)NCc1ccco1. The summed E-state index contributed by atoms with van der Waals surface area (Å²) in [7, 11) is 0. The molecule has 0 aliphatic carbocycles. The molecule has 0 spiro atoms. The van der Waals surface area contributed by atoms with Crippen LogP contribution in [0, 0.1) is 0 Å². The average Bonchev–Trinajstić information content (AvgIpc) is 3.17. The van der Waals surface area contributed by atoms with Gasteiger partial charge < -0.3 is 24.6 Å². The molecule has 21 heavy (non-hydrogen) atoms. The quantitative estimate of drug-likeness (QED) is 0.681. The second-order valence-electron chi connectivity index (χ2n) is 4.38. The maximum absolute atomic E-state index is 11.5. The van der Waals surface area contributed by atoms with Gasteiger partial charge in [-0.2, -0.15) is 0 Å². The smallest absolute Gasteiger partial charge is 0.309 e. The Bertz CT molecular complexity index is 562. The van der Waals surface area contributed by atoms with Gasteiger partial charge in [0.2, 0.25) is 0 Å². The van der Waals surface area contributed by atoms with E-state index < -0.39 is 17.9 Å². The largest absolute Gasteiger partial charge is 0.472 e. The van der Waals surface area contributed by atoms with Crippen molar-refractivity contribution in [3.63, 3.8) is 0 Å². The maximum Gasteiger partial charge on any atom is 0.309 e. The summed E-state index contributed by atoms with van der Waals surface area (Å²) in [5.74, 6) is -0.934. The first-order chi connectivity index (χ1) is 10.2. The molecule has 7 nitrogen and oxygen atoms in total. The number of amides is 2. The highest BCUT2D eigenvalue weighted by atomic mass is 16.3. The third-order valence-corrected chi connectivity index (χ3v) is 2.84. The second kappa shape index (κ2) is 7.30. The Morgan fingerprint density at radius 1 is 1.19 bits per heavy atom. The first-order valence-corrected chi connectivity index (χ1v) is 6.45. The second-order valence-corrected chi connectivity index (χ2v) is 4.38. The Hall–Kier alpha value is -2.54. The minimum Gasteiger partial charge on any atom is -0.472 e. The lowest BCUT2D eigenvalue weighted by molar-refractivity contribution is -0.139. The van der Waals surface area contributed by atoms with E-state index in [1.807, 2.05) is 0 Å². The average molecular weight is 292 g/mol. The first kappa shape index (κ1) is 14.9. The van der Waals surface area contributed by atoms with Gasteiger partial charge in [0.05, 0.1) is 31.4 Å². The molecule has 2 amide bonds. The lowest BCUT2D eigenvalue weighted by Crippen LogP contribution is -2.40. The molecule has 112 valence electrons. The van der Waals surface area contributed by atoms with Crippen LogP contribution in [0.5, 0.6) is 0 Å². The van der Waals surface area contributed by atoms with Crippen LogP contribution in [0.1, 0.15) is 23.8 Å². The molecule has 2 rings (SSSR count). The predicted molar refractivity (Wildman–Crippen MR) is 71.8 cm³/mol. The van der Waals surface area contributed by atoms with Crippen molar-refractivity contribution in [2.45, 2.75) is 19.1 Å². The van der Waals surface area contributed by atoms with Crippen LogP contribution in [0.3, 0.4) is 0 Å². The Morgan fingerprint density at radius 2 is 2.00 bits per heavy atom. The monoisotopic (exact) mass is 292 g/mol. The Labute approximate surface area is 120 Å². The summed E-state index contributed by atoms with van der Waals surface area (Å²) in [5.41, 5.74) is 0.631. The van der Waals surface area contributed by atoms with Crippen molar-refractivity contribution in [3.05, 3.63) is 48.3 Å². The van der Waals surface area contributed by atoms with E-state index in [0.29, 0.717) is 11.3 Å². The molecule has 0 saturated carbocycles. The van der Waals surface area contributed by atoms with E-state index in [1.54, 1.807) is 18.2 Å². The summed E-state index contributed by atoms with van der Waals surface area (Å²) in [4.78, 5) is 23.0. The van der Waals surface area contributed by atoms with Crippen LogP contribution in [0.25, 0.3) is 0 Å². The number of aliphatic hydroxyl groups excluding tert-OH is 1. The topological polar surface area (TPSA) is 105 Å². The van der Waals surface area contributed by atoms with Crippen LogP contribution in [0.4, 0.5) is 0 Å². The minimum atomic E-state index is -0.749. The maximum atomic E-state index is 11.5. The van der Waals surface area contributed by atoms with E-state index in [-0.39, 0.29) is 19.5 Å². The Kier molecular flexibility index (Phi) is 5.16.